The van der Waals surface area contributed by atoms with Gasteiger partial charge in [-0.15, -0.1) is 11.6 Å². The average molecular weight is 255 g/mol. The minimum absolute atomic E-state index is 0.269. The summed E-state index contributed by atoms with van der Waals surface area (Å²) < 4.78 is 5.88. The number of hydrogen-bond acceptors (Lipinski definition) is 3. The van der Waals surface area contributed by atoms with Crippen LogP contribution in [0.2, 0.25) is 0 Å². The Balaban J connectivity index is 2.05. The number of rotatable bonds is 3. The van der Waals surface area contributed by atoms with E-state index in [1.165, 1.54) is 19.3 Å². The predicted octanol–water partition coefficient (Wildman–Crippen LogP) is 3.48. The number of halogens is 1. The number of nitrogens with zero attached hydrogens (tertiary/aromatic N) is 2. The van der Waals surface area contributed by atoms with Crippen LogP contribution in [0, 0.1) is 12.8 Å². The van der Waals surface area contributed by atoms with Gasteiger partial charge >= 0.3 is 6.01 Å². The van der Waals surface area contributed by atoms with Gasteiger partial charge in [0.25, 0.3) is 0 Å². The van der Waals surface area contributed by atoms with Crippen molar-refractivity contribution in [2.24, 2.45) is 5.92 Å². The smallest absolute Gasteiger partial charge is 0.316 e. The van der Waals surface area contributed by atoms with Crippen LogP contribution in [0.25, 0.3) is 0 Å². The van der Waals surface area contributed by atoms with E-state index in [1.807, 2.05) is 6.92 Å². The number of alkyl halides is 1. The monoisotopic (exact) mass is 254 g/mol. The molecule has 0 bridgehead atoms. The molecule has 2 unspecified atom stereocenters. The molecule has 3 nitrogen and oxygen atoms in total. The quantitative estimate of drug-likeness (QED) is 0.775. The molecular weight excluding hydrogens is 236 g/mol. The van der Waals surface area contributed by atoms with Crippen LogP contribution < -0.4 is 4.74 Å². The van der Waals surface area contributed by atoms with Crippen molar-refractivity contribution in [3.05, 3.63) is 17.5 Å². The molecule has 0 aliphatic heterocycles. The fourth-order valence-corrected chi connectivity index (χ4v) is 2.51. The highest BCUT2D eigenvalue weighted by Crippen LogP contribution is 2.27. The van der Waals surface area contributed by atoms with Crippen molar-refractivity contribution in [2.45, 2.75) is 51.5 Å². The lowest BCUT2D eigenvalue weighted by atomic mass is 9.88. The minimum Gasteiger partial charge on any atom is -0.460 e. The highest BCUT2D eigenvalue weighted by atomic mass is 35.5. The molecule has 1 aromatic heterocycles. The molecule has 1 aromatic rings. The molecule has 17 heavy (non-hydrogen) atoms. The van der Waals surface area contributed by atoms with E-state index >= 15 is 0 Å². The normalized spacial score (nSPS) is 24.6. The summed E-state index contributed by atoms with van der Waals surface area (Å²) in [6.45, 7) is 4.18. The molecule has 0 aromatic carbocycles. The third-order valence-corrected chi connectivity index (χ3v) is 3.78. The largest absolute Gasteiger partial charge is 0.460 e. The van der Waals surface area contributed by atoms with Gasteiger partial charge in [0, 0.05) is 17.5 Å². The maximum absolute atomic E-state index is 5.88. The molecule has 1 aliphatic rings. The van der Waals surface area contributed by atoms with Gasteiger partial charge in [0.1, 0.15) is 6.10 Å². The van der Waals surface area contributed by atoms with Crippen molar-refractivity contribution >= 4 is 11.6 Å². The van der Waals surface area contributed by atoms with Crippen LogP contribution in [-0.4, -0.2) is 16.1 Å². The molecule has 4 heteroatoms. The summed E-state index contributed by atoms with van der Waals surface area (Å²) in [4.78, 5) is 8.58. The Hall–Kier alpha value is -0.830. The van der Waals surface area contributed by atoms with E-state index in [0.717, 1.165) is 17.7 Å². The molecular formula is C13H19ClN2O. The van der Waals surface area contributed by atoms with Crippen LogP contribution >= 0.6 is 11.6 Å². The number of aryl methyl sites for hydroxylation is 1. The summed E-state index contributed by atoms with van der Waals surface area (Å²) in [6, 6.07) is 0.495. The Morgan fingerprint density at radius 3 is 2.82 bits per heavy atom. The van der Waals surface area contributed by atoms with Gasteiger partial charge in [-0.1, -0.05) is 13.3 Å². The SMILES string of the molecule is Cc1nc(OC2CCCCC2C)ncc1CCl. The van der Waals surface area contributed by atoms with Crippen molar-refractivity contribution in [1.82, 2.24) is 9.97 Å². The van der Waals surface area contributed by atoms with Crippen LogP contribution in [-0.2, 0) is 5.88 Å². The molecule has 1 aliphatic carbocycles. The third-order valence-electron chi connectivity index (χ3n) is 3.49. The molecule has 94 valence electrons. The fourth-order valence-electron chi connectivity index (χ4n) is 2.25. The molecule has 0 amide bonds. The Kier molecular flexibility index (Phi) is 4.21. The zero-order valence-corrected chi connectivity index (χ0v) is 11.2. The van der Waals surface area contributed by atoms with E-state index in [0.29, 0.717) is 17.8 Å². The molecule has 0 saturated heterocycles. The van der Waals surface area contributed by atoms with Gasteiger partial charge in [0.2, 0.25) is 0 Å². The number of hydrogen-bond donors (Lipinski definition) is 0. The summed E-state index contributed by atoms with van der Waals surface area (Å²) in [5.74, 6) is 1.05. The lowest BCUT2D eigenvalue weighted by Crippen LogP contribution is -2.29. The van der Waals surface area contributed by atoms with E-state index in [4.69, 9.17) is 16.3 Å². The van der Waals surface area contributed by atoms with E-state index in [9.17, 15) is 0 Å². The first-order valence-corrected chi connectivity index (χ1v) is 6.79. The van der Waals surface area contributed by atoms with Crippen molar-refractivity contribution in [3.63, 3.8) is 0 Å². The van der Waals surface area contributed by atoms with Gasteiger partial charge in [-0.05, 0) is 32.1 Å². The van der Waals surface area contributed by atoms with Gasteiger partial charge in [-0.2, -0.15) is 0 Å². The second-order valence-electron chi connectivity index (χ2n) is 4.81. The van der Waals surface area contributed by atoms with E-state index < -0.39 is 0 Å². The van der Waals surface area contributed by atoms with Crippen molar-refractivity contribution in [3.8, 4) is 6.01 Å². The molecule has 1 saturated carbocycles. The lowest BCUT2D eigenvalue weighted by molar-refractivity contribution is 0.0920. The fraction of sp³-hybridized carbons (Fsp3) is 0.692. The Labute approximate surface area is 108 Å². The minimum atomic E-state index is 0.269. The standard InChI is InChI=1S/C13H19ClN2O/c1-9-5-3-4-6-12(9)17-13-15-8-11(7-14)10(2)16-13/h8-9,12H,3-7H2,1-2H3. The maximum atomic E-state index is 5.88. The first kappa shape index (κ1) is 12.6. The predicted molar refractivity (Wildman–Crippen MR) is 68.4 cm³/mol. The van der Waals surface area contributed by atoms with Gasteiger partial charge in [0.15, 0.2) is 0 Å². The second-order valence-corrected chi connectivity index (χ2v) is 5.08. The summed E-state index contributed by atoms with van der Waals surface area (Å²) in [7, 11) is 0. The number of aromatic nitrogens is 2. The van der Waals surface area contributed by atoms with Crippen LogP contribution in [0.5, 0.6) is 6.01 Å². The Morgan fingerprint density at radius 2 is 2.18 bits per heavy atom. The molecule has 2 atom stereocenters. The van der Waals surface area contributed by atoms with Crippen LogP contribution in [0.1, 0.15) is 43.9 Å². The van der Waals surface area contributed by atoms with Gasteiger partial charge in [-0.3, -0.25) is 0 Å². The van der Waals surface area contributed by atoms with E-state index in [2.05, 4.69) is 16.9 Å². The van der Waals surface area contributed by atoms with E-state index in [-0.39, 0.29) is 6.10 Å². The third kappa shape index (κ3) is 3.09. The first-order valence-electron chi connectivity index (χ1n) is 6.26. The summed E-state index contributed by atoms with van der Waals surface area (Å²) in [6.07, 6.45) is 6.94. The van der Waals surface area contributed by atoms with Gasteiger partial charge in [-0.25, -0.2) is 9.97 Å². The van der Waals surface area contributed by atoms with Crippen LogP contribution in [0.3, 0.4) is 0 Å². The maximum Gasteiger partial charge on any atom is 0.316 e. The Bertz CT molecular complexity index is 384. The first-order chi connectivity index (χ1) is 8.20. The topological polar surface area (TPSA) is 35.0 Å². The summed E-state index contributed by atoms with van der Waals surface area (Å²) >= 11 is 5.78. The molecule has 0 radical (unpaired) electrons. The summed E-state index contributed by atoms with van der Waals surface area (Å²) in [5, 5.41) is 0. The average Bonchev–Trinajstić information content (AvgIpc) is 2.32. The zero-order chi connectivity index (χ0) is 12.3. The number of ether oxygens (including phenoxy) is 1. The Morgan fingerprint density at radius 1 is 1.41 bits per heavy atom. The van der Waals surface area contributed by atoms with Crippen LogP contribution in [0.4, 0.5) is 0 Å². The van der Waals surface area contributed by atoms with Crippen molar-refractivity contribution in [1.29, 1.82) is 0 Å². The zero-order valence-electron chi connectivity index (χ0n) is 10.4. The lowest BCUT2D eigenvalue weighted by Gasteiger charge is -2.28. The van der Waals surface area contributed by atoms with Gasteiger partial charge in [0.05, 0.1) is 5.88 Å². The van der Waals surface area contributed by atoms with Gasteiger partial charge < -0.3 is 4.74 Å². The molecule has 2 rings (SSSR count). The van der Waals surface area contributed by atoms with Crippen molar-refractivity contribution in [2.75, 3.05) is 0 Å². The van der Waals surface area contributed by atoms with Crippen LogP contribution in [0.15, 0.2) is 6.20 Å². The van der Waals surface area contributed by atoms with Crippen molar-refractivity contribution < 1.29 is 4.74 Å². The molecule has 0 spiro atoms. The molecule has 1 heterocycles. The van der Waals surface area contributed by atoms with E-state index in [1.54, 1.807) is 6.20 Å². The molecule has 1 fully saturated rings. The molecule has 0 N–H and O–H groups in total. The summed E-state index contributed by atoms with van der Waals surface area (Å²) in [5.41, 5.74) is 1.88. The highest BCUT2D eigenvalue weighted by Gasteiger charge is 2.23. The second kappa shape index (κ2) is 5.67. The highest BCUT2D eigenvalue weighted by molar-refractivity contribution is 6.17.